The van der Waals surface area contributed by atoms with Crippen LogP contribution >= 0.6 is 0 Å². The van der Waals surface area contributed by atoms with Gasteiger partial charge in [-0.3, -0.25) is 10.1 Å². The Bertz CT molecular complexity index is 821. The van der Waals surface area contributed by atoms with Crippen LogP contribution < -0.4 is 5.32 Å². The fraction of sp³-hybridized carbons (Fsp3) is 0.815. The molecule has 0 aromatic carbocycles. The molecule has 10 atom stereocenters. The topological polar surface area (TPSA) is 38.3 Å². The van der Waals surface area contributed by atoms with Gasteiger partial charge < -0.3 is 4.74 Å². The summed E-state index contributed by atoms with van der Waals surface area (Å²) in [6.07, 6.45) is 15.2. The van der Waals surface area contributed by atoms with Gasteiger partial charge in [-0.2, -0.15) is 0 Å². The van der Waals surface area contributed by atoms with Crippen molar-refractivity contribution in [2.75, 3.05) is 6.54 Å². The molecule has 0 aromatic rings. The highest BCUT2D eigenvalue weighted by atomic mass is 16.5. The highest BCUT2D eigenvalue weighted by molar-refractivity contribution is 6.01. The highest BCUT2D eigenvalue weighted by Crippen LogP contribution is 2.70. The monoisotopic (exact) mass is 409 g/mol. The van der Waals surface area contributed by atoms with Crippen LogP contribution in [0, 0.1) is 46.3 Å². The summed E-state index contributed by atoms with van der Waals surface area (Å²) in [6, 6.07) is 0. The Labute approximate surface area is 182 Å². The molecule has 5 fully saturated rings. The van der Waals surface area contributed by atoms with E-state index in [4.69, 9.17) is 4.74 Å². The molecule has 3 nitrogen and oxygen atoms in total. The summed E-state index contributed by atoms with van der Waals surface area (Å²) in [5, 5.41) is 3.87. The molecular weight excluding hydrogens is 370 g/mol. The molecule has 4 aliphatic carbocycles. The van der Waals surface area contributed by atoms with Crippen molar-refractivity contribution in [2.45, 2.75) is 84.5 Å². The molecule has 164 valence electrons. The maximum atomic E-state index is 12.0. The summed E-state index contributed by atoms with van der Waals surface area (Å²) < 4.78 is 6.98. The number of piperidine rings is 1. The number of hydrogen-bond acceptors (Lipinski definition) is 3. The van der Waals surface area contributed by atoms with E-state index in [1.165, 1.54) is 44.1 Å². The van der Waals surface area contributed by atoms with E-state index in [0.717, 1.165) is 30.7 Å². The average Bonchev–Trinajstić information content (AvgIpc) is 3.16. The number of rotatable bonds is 0. The Morgan fingerprint density at radius 3 is 2.70 bits per heavy atom. The summed E-state index contributed by atoms with van der Waals surface area (Å²) in [5.41, 5.74) is 1.85. The molecule has 6 rings (SSSR count). The Hall–Kier alpha value is -0.930. The first-order valence-electron chi connectivity index (χ1n) is 12.6. The number of hydrogen-bond donors (Lipinski definition) is 1. The molecule has 30 heavy (non-hydrogen) atoms. The zero-order chi connectivity index (χ0) is 20.9. The van der Waals surface area contributed by atoms with Gasteiger partial charge in [0.15, 0.2) is 5.78 Å². The first-order valence-corrected chi connectivity index (χ1v) is 12.6. The largest absolute Gasteiger partial charge is 0.357 e. The molecule has 0 amide bonds. The second-order valence-corrected chi connectivity index (χ2v) is 12.3. The average molecular weight is 410 g/mol. The molecule has 6 aliphatic rings. The van der Waals surface area contributed by atoms with Crippen molar-refractivity contribution >= 4 is 5.78 Å². The number of carbonyl (C=O) groups is 1. The van der Waals surface area contributed by atoms with Crippen LogP contribution in [-0.2, 0) is 9.53 Å². The van der Waals surface area contributed by atoms with Crippen LogP contribution in [-0.4, -0.2) is 24.2 Å². The van der Waals surface area contributed by atoms with E-state index >= 15 is 0 Å². The quantitative estimate of drug-likeness (QED) is 0.592. The van der Waals surface area contributed by atoms with E-state index in [1.807, 2.05) is 12.2 Å². The molecule has 1 N–H and O–H groups in total. The van der Waals surface area contributed by atoms with Crippen molar-refractivity contribution in [3.05, 3.63) is 23.8 Å². The lowest BCUT2D eigenvalue weighted by Crippen LogP contribution is -2.57. The van der Waals surface area contributed by atoms with Gasteiger partial charge in [0.05, 0.1) is 6.10 Å². The predicted octanol–water partition coefficient (Wildman–Crippen LogP) is 5.27. The van der Waals surface area contributed by atoms with Gasteiger partial charge in [0, 0.05) is 17.9 Å². The van der Waals surface area contributed by atoms with Crippen molar-refractivity contribution in [3.8, 4) is 0 Å². The molecule has 0 radical (unpaired) electrons. The smallest absolute Gasteiger partial charge is 0.178 e. The van der Waals surface area contributed by atoms with Crippen molar-refractivity contribution in [1.82, 2.24) is 5.32 Å². The predicted molar refractivity (Wildman–Crippen MR) is 119 cm³/mol. The Morgan fingerprint density at radius 2 is 1.93 bits per heavy atom. The van der Waals surface area contributed by atoms with Gasteiger partial charge in [0.25, 0.3) is 0 Å². The molecule has 10 unspecified atom stereocenters. The standard InChI is InChI=1S/C27H39NO2/c1-16-7-12-27(28-15-16)17(2)24-23(30-27)14-22-20-6-5-18-13-19(29)8-10-25(18,3)21(20)9-11-26(22,24)4/h8,10,13,16-17,20-24,28H,5-7,9,11-12,14-15H2,1-4H3. The number of ketones is 1. The van der Waals surface area contributed by atoms with Crippen molar-refractivity contribution in [1.29, 1.82) is 0 Å². The summed E-state index contributed by atoms with van der Waals surface area (Å²) >= 11 is 0. The van der Waals surface area contributed by atoms with Gasteiger partial charge in [-0.1, -0.05) is 39.3 Å². The summed E-state index contributed by atoms with van der Waals surface area (Å²) in [5.74, 6) is 4.50. The lowest BCUT2D eigenvalue weighted by Gasteiger charge is -2.57. The summed E-state index contributed by atoms with van der Waals surface area (Å²) in [7, 11) is 0. The van der Waals surface area contributed by atoms with Crippen LogP contribution in [0.3, 0.4) is 0 Å². The fourth-order valence-electron chi connectivity index (χ4n) is 9.39. The number of fused-ring (bicyclic) bond motifs is 7. The number of allylic oxidation sites excluding steroid dienone is 4. The number of nitrogens with one attached hydrogen (secondary N) is 1. The van der Waals surface area contributed by atoms with E-state index in [0.29, 0.717) is 29.3 Å². The lowest BCUT2D eigenvalue weighted by atomic mass is 9.47. The molecular formula is C27H39NO2. The molecule has 3 saturated carbocycles. The van der Waals surface area contributed by atoms with Crippen LogP contribution in [0.1, 0.15) is 72.6 Å². The van der Waals surface area contributed by atoms with Crippen LogP contribution in [0.25, 0.3) is 0 Å². The van der Waals surface area contributed by atoms with Crippen molar-refractivity contribution in [2.24, 2.45) is 46.3 Å². The molecule has 0 bridgehead atoms. The number of carbonyl (C=O) groups excluding carboxylic acids is 1. The lowest BCUT2D eigenvalue weighted by molar-refractivity contribution is -0.115. The van der Waals surface area contributed by atoms with Crippen molar-refractivity contribution in [3.63, 3.8) is 0 Å². The van der Waals surface area contributed by atoms with Gasteiger partial charge in [-0.25, -0.2) is 0 Å². The van der Waals surface area contributed by atoms with E-state index in [9.17, 15) is 4.79 Å². The van der Waals surface area contributed by atoms with Gasteiger partial charge in [-0.05, 0) is 92.1 Å². The van der Waals surface area contributed by atoms with Crippen LogP contribution in [0.2, 0.25) is 0 Å². The minimum atomic E-state index is -0.0619. The van der Waals surface area contributed by atoms with Gasteiger partial charge in [0.1, 0.15) is 5.72 Å². The minimum absolute atomic E-state index is 0.0619. The molecule has 0 aromatic heterocycles. The Kier molecular flexibility index (Phi) is 4.15. The van der Waals surface area contributed by atoms with Crippen molar-refractivity contribution < 1.29 is 9.53 Å². The first-order chi connectivity index (χ1) is 14.3. The van der Waals surface area contributed by atoms with Crippen LogP contribution in [0.5, 0.6) is 0 Å². The third-order valence-corrected chi connectivity index (χ3v) is 11.0. The zero-order valence-corrected chi connectivity index (χ0v) is 19.2. The summed E-state index contributed by atoms with van der Waals surface area (Å²) in [6.45, 7) is 11.0. The van der Waals surface area contributed by atoms with Crippen LogP contribution in [0.15, 0.2) is 23.8 Å². The zero-order valence-electron chi connectivity index (χ0n) is 19.2. The van der Waals surface area contributed by atoms with E-state index in [-0.39, 0.29) is 16.9 Å². The molecule has 1 spiro atoms. The molecule has 2 saturated heterocycles. The maximum absolute atomic E-state index is 12.0. The normalized spacial score (nSPS) is 56.9. The maximum Gasteiger partial charge on any atom is 0.178 e. The second kappa shape index (κ2) is 6.32. The number of ether oxygens (including phenoxy) is 1. The third kappa shape index (κ3) is 2.43. The van der Waals surface area contributed by atoms with Crippen LogP contribution in [0.4, 0.5) is 0 Å². The van der Waals surface area contributed by atoms with E-state index in [1.54, 1.807) is 0 Å². The minimum Gasteiger partial charge on any atom is -0.357 e. The first kappa shape index (κ1) is 19.7. The van der Waals surface area contributed by atoms with E-state index in [2.05, 4.69) is 39.1 Å². The SMILES string of the molecule is CC1CCC2(NC1)OC1CC3C4CCC5=CC(=O)C=CC5(C)C4CCC3(C)C1C2C. The van der Waals surface area contributed by atoms with E-state index < -0.39 is 0 Å². The molecule has 2 aliphatic heterocycles. The highest BCUT2D eigenvalue weighted by Gasteiger charge is 2.68. The summed E-state index contributed by atoms with van der Waals surface area (Å²) in [4.78, 5) is 12.0. The van der Waals surface area contributed by atoms with Gasteiger partial charge >= 0.3 is 0 Å². The third-order valence-electron chi connectivity index (χ3n) is 11.0. The molecule has 2 heterocycles. The fourth-order valence-corrected chi connectivity index (χ4v) is 9.39. The molecule has 3 heteroatoms. The second-order valence-electron chi connectivity index (χ2n) is 12.3. The Balaban J connectivity index is 1.29. The van der Waals surface area contributed by atoms with Gasteiger partial charge in [0.2, 0.25) is 0 Å². The van der Waals surface area contributed by atoms with Gasteiger partial charge in [-0.15, -0.1) is 0 Å². The Morgan fingerprint density at radius 1 is 1.10 bits per heavy atom.